The number of hydrogen-bond acceptors (Lipinski definition) is 2. The van der Waals surface area contributed by atoms with Crippen molar-refractivity contribution >= 4 is 18.0 Å². The first kappa shape index (κ1) is 13.8. The monoisotopic (exact) mass is 255 g/mol. The second-order valence-corrected chi connectivity index (χ2v) is 3.64. The van der Waals surface area contributed by atoms with E-state index in [2.05, 4.69) is 0 Å². The number of carbonyl (C=O) groups is 2. The number of halogens is 2. The molecule has 0 unspecified atom stereocenters. The summed E-state index contributed by atoms with van der Waals surface area (Å²) < 4.78 is 27.0. The zero-order valence-electron chi connectivity index (χ0n) is 9.75. The van der Waals surface area contributed by atoms with Gasteiger partial charge in [0.15, 0.2) is 0 Å². The van der Waals surface area contributed by atoms with Crippen LogP contribution >= 0.6 is 0 Å². The molecule has 0 aliphatic rings. The lowest BCUT2D eigenvalue weighted by Gasteiger charge is -2.06. The second-order valence-electron chi connectivity index (χ2n) is 3.64. The third kappa shape index (κ3) is 3.13. The molecule has 0 aliphatic carbocycles. The van der Waals surface area contributed by atoms with Crippen molar-refractivity contribution in [2.24, 2.45) is 0 Å². The van der Waals surface area contributed by atoms with Crippen molar-refractivity contribution in [1.29, 1.82) is 0 Å². The molecule has 0 saturated carbocycles. The van der Waals surface area contributed by atoms with E-state index in [4.69, 9.17) is 5.11 Å². The fraction of sp³-hybridized carbons (Fsp3) is 0.167. The van der Waals surface area contributed by atoms with Gasteiger partial charge in [-0.25, -0.2) is 13.6 Å². The summed E-state index contributed by atoms with van der Waals surface area (Å²) >= 11 is 0. The fourth-order valence-electron chi connectivity index (χ4n) is 1.30. The van der Waals surface area contributed by atoms with E-state index in [1.807, 2.05) is 5.32 Å². The van der Waals surface area contributed by atoms with Gasteiger partial charge in [-0.15, -0.1) is 0 Å². The molecule has 4 nitrogen and oxygen atoms in total. The Morgan fingerprint density at radius 1 is 1.33 bits per heavy atom. The number of aryl methyl sites for hydroxylation is 1. The van der Waals surface area contributed by atoms with E-state index >= 15 is 0 Å². The smallest absolute Gasteiger partial charge is 0.352 e. The number of aliphatic carboxylic acids is 1. The third-order valence-electron chi connectivity index (χ3n) is 2.15. The Balaban J connectivity index is 3.32. The zero-order valence-corrected chi connectivity index (χ0v) is 9.75. The summed E-state index contributed by atoms with van der Waals surface area (Å²) in [7, 11) is 0. The Morgan fingerprint density at radius 2 is 1.94 bits per heavy atom. The van der Waals surface area contributed by atoms with Gasteiger partial charge in [-0.05, 0) is 24.6 Å². The minimum Gasteiger partial charge on any atom is -0.477 e. The number of rotatable bonds is 3. The van der Waals surface area contributed by atoms with Gasteiger partial charge in [0, 0.05) is 12.5 Å². The predicted molar refractivity (Wildman–Crippen MR) is 60.5 cm³/mol. The van der Waals surface area contributed by atoms with Gasteiger partial charge < -0.3 is 10.4 Å². The quantitative estimate of drug-likeness (QED) is 0.810. The molecule has 0 saturated heterocycles. The molecule has 0 heterocycles. The Hall–Kier alpha value is -2.24. The lowest BCUT2D eigenvalue weighted by Crippen LogP contribution is -2.24. The molecule has 0 atom stereocenters. The number of carboxylic acid groups (broad SMARTS) is 1. The first-order valence-corrected chi connectivity index (χ1v) is 5.00. The summed E-state index contributed by atoms with van der Waals surface area (Å²) in [5.74, 6) is -3.89. The summed E-state index contributed by atoms with van der Waals surface area (Å²) in [6.07, 6.45) is 0.751. The lowest BCUT2D eigenvalue weighted by atomic mass is 10.1. The van der Waals surface area contributed by atoms with E-state index in [0.29, 0.717) is 0 Å². The van der Waals surface area contributed by atoms with Crippen molar-refractivity contribution in [1.82, 2.24) is 5.32 Å². The van der Waals surface area contributed by atoms with Crippen LogP contribution in [0.15, 0.2) is 17.8 Å². The molecule has 18 heavy (non-hydrogen) atoms. The van der Waals surface area contributed by atoms with Gasteiger partial charge in [0.1, 0.15) is 17.3 Å². The standard InChI is InChI=1S/C12H11F2NO3/c1-6-3-4-9(13)8(11(6)14)5-10(12(17)18)15-7(2)16/h3-5H,1-2H3,(H,15,16)(H,17,18)/b10-5+. The maximum atomic E-state index is 13.6. The van der Waals surface area contributed by atoms with Crippen LogP contribution in [0.4, 0.5) is 8.78 Å². The Morgan fingerprint density at radius 3 is 2.44 bits per heavy atom. The molecule has 6 heteroatoms. The largest absolute Gasteiger partial charge is 0.477 e. The molecule has 0 radical (unpaired) electrons. The molecular formula is C12H11F2NO3. The molecule has 1 rings (SSSR count). The molecule has 0 bridgehead atoms. The molecule has 0 aromatic heterocycles. The van der Waals surface area contributed by atoms with E-state index in [-0.39, 0.29) is 5.56 Å². The van der Waals surface area contributed by atoms with Crippen LogP contribution in [0.3, 0.4) is 0 Å². The highest BCUT2D eigenvalue weighted by Crippen LogP contribution is 2.18. The second kappa shape index (κ2) is 5.39. The third-order valence-corrected chi connectivity index (χ3v) is 2.15. The van der Waals surface area contributed by atoms with E-state index in [0.717, 1.165) is 19.1 Å². The summed E-state index contributed by atoms with van der Waals surface area (Å²) in [4.78, 5) is 21.6. The molecule has 1 aromatic rings. The highest BCUT2D eigenvalue weighted by Gasteiger charge is 2.14. The van der Waals surface area contributed by atoms with Crippen molar-refractivity contribution in [3.05, 3.63) is 40.6 Å². The highest BCUT2D eigenvalue weighted by atomic mass is 19.1. The average molecular weight is 255 g/mol. The molecular weight excluding hydrogens is 244 g/mol. The van der Waals surface area contributed by atoms with Crippen LogP contribution < -0.4 is 5.32 Å². The normalized spacial score (nSPS) is 11.2. The van der Waals surface area contributed by atoms with Crippen LogP contribution in [0.2, 0.25) is 0 Å². The topological polar surface area (TPSA) is 66.4 Å². The minimum absolute atomic E-state index is 0.176. The molecule has 0 spiro atoms. The molecule has 1 amide bonds. The van der Waals surface area contributed by atoms with Crippen LogP contribution in [-0.2, 0) is 9.59 Å². The number of carbonyl (C=O) groups excluding carboxylic acids is 1. The van der Waals surface area contributed by atoms with E-state index < -0.39 is 34.8 Å². The summed E-state index contributed by atoms with van der Waals surface area (Å²) in [5.41, 5.74) is -0.915. The highest BCUT2D eigenvalue weighted by molar-refractivity contribution is 5.96. The maximum absolute atomic E-state index is 13.6. The van der Waals surface area contributed by atoms with Gasteiger partial charge in [0.05, 0.1) is 0 Å². The van der Waals surface area contributed by atoms with Gasteiger partial charge in [-0.1, -0.05) is 6.07 Å². The number of nitrogens with one attached hydrogen (secondary N) is 1. The molecule has 96 valence electrons. The summed E-state index contributed by atoms with van der Waals surface area (Å²) in [6, 6.07) is 2.26. The van der Waals surface area contributed by atoms with Crippen LogP contribution in [0.1, 0.15) is 18.1 Å². The molecule has 0 aliphatic heterocycles. The summed E-state index contributed by atoms with van der Waals surface area (Å²) in [6.45, 7) is 2.52. The molecule has 2 N–H and O–H groups in total. The predicted octanol–water partition coefficient (Wildman–Crippen LogP) is 1.83. The van der Waals surface area contributed by atoms with E-state index in [1.54, 1.807) is 0 Å². The Labute approximate surface area is 102 Å². The van der Waals surface area contributed by atoms with Crippen molar-refractivity contribution in [3.8, 4) is 0 Å². The van der Waals surface area contributed by atoms with Crippen LogP contribution in [-0.4, -0.2) is 17.0 Å². The molecule has 1 aromatic carbocycles. The average Bonchev–Trinajstić information content (AvgIpc) is 2.27. The van der Waals surface area contributed by atoms with Gasteiger partial charge in [-0.3, -0.25) is 4.79 Å². The van der Waals surface area contributed by atoms with Crippen LogP contribution in [0.25, 0.3) is 6.08 Å². The fourth-order valence-corrected chi connectivity index (χ4v) is 1.30. The Kier molecular flexibility index (Phi) is 4.14. The van der Waals surface area contributed by atoms with Crippen molar-refractivity contribution < 1.29 is 23.5 Å². The maximum Gasteiger partial charge on any atom is 0.352 e. The van der Waals surface area contributed by atoms with Gasteiger partial charge in [0.2, 0.25) is 5.91 Å². The van der Waals surface area contributed by atoms with E-state index in [9.17, 15) is 18.4 Å². The van der Waals surface area contributed by atoms with Crippen LogP contribution in [0, 0.1) is 18.6 Å². The van der Waals surface area contributed by atoms with Gasteiger partial charge in [-0.2, -0.15) is 0 Å². The number of amides is 1. The minimum atomic E-state index is -1.48. The number of carboxylic acids is 1. The Bertz CT molecular complexity index is 538. The first-order valence-electron chi connectivity index (χ1n) is 5.00. The molecule has 0 fully saturated rings. The number of hydrogen-bond donors (Lipinski definition) is 2. The SMILES string of the molecule is CC(=O)N/C(=C/c1c(F)ccc(C)c1F)C(=O)O. The zero-order chi connectivity index (χ0) is 13.9. The van der Waals surface area contributed by atoms with E-state index in [1.165, 1.54) is 13.0 Å². The summed E-state index contributed by atoms with van der Waals surface area (Å²) in [5, 5.41) is 10.8. The van der Waals surface area contributed by atoms with Gasteiger partial charge >= 0.3 is 5.97 Å². The van der Waals surface area contributed by atoms with Crippen molar-refractivity contribution in [3.63, 3.8) is 0 Å². The number of benzene rings is 1. The van der Waals surface area contributed by atoms with Crippen molar-refractivity contribution in [2.75, 3.05) is 0 Å². The lowest BCUT2D eigenvalue weighted by molar-refractivity contribution is -0.134. The van der Waals surface area contributed by atoms with Crippen LogP contribution in [0.5, 0.6) is 0 Å². The van der Waals surface area contributed by atoms with Gasteiger partial charge in [0.25, 0.3) is 0 Å². The van der Waals surface area contributed by atoms with Crippen molar-refractivity contribution in [2.45, 2.75) is 13.8 Å². The first-order chi connectivity index (χ1) is 8.32.